The van der Waals surface area contributed by atoms with Crippen LogP contribution in [0.4, 0.5) is 0 Å². The Morgan fingerprint density at radius 1 is 0.765 bits per heavy atom. The Kier molecular flexibility index (Phi) is 9.67. The highest BCUT2D eigenvalue weighted by molar-refractivity contribution is 6.27. The minimum atomic E-state index is -1.82. The topological polar surface area (TPSA) is 87.1 Å². The number of ether oxygens (including phenoxy) is 1. The summed E-state index contributed by atoms with van der Waals surface area (Å²) in [5.74, 6) is -1.87. The fraction of sp³-hybridized carbons (Fsp3) is 0.286. The van der Waals surface area contributed by atoms with Crippen molar-refractivity contribution in [2.45, 2.75) is 32.4 Å². The van der Waals surface area contributed by atoms with Gasteiger partial charge in [-0.15, -0.1) is 0 Å². The van der Waals surface area contributed by atoms with Crippen LogP contribution in [0, 0.1) is 5.92 Å². The van der Waals surface area contributed by atoms with Gasteiger partial charge < -0.3 is 14.9 Å². The van der Waals surface area contributed by atoms with Crippen LogP contribution in [0.1, 0.15) is 29.5 Å². The standard InChI is InChI=1S/C26H29NO.C2H2O4/c1-3-8-22(9-4-1)18-23-14-16-27(17-15-23)20-25-12-7-13-26(19-25)28-21-24-10-5-2-6-11-24;3-1(4)2(5)6/h1-13,19,23H,14-18,20-21H2;(H,3,4)(H,5,6). The normalized spacial score (nSPS) is 14.0. The number of hydrogen-bond acceptors (Lipinski definition) is 4. The van der Waals surface area contributed by atoms with Crippen LogP contribution >= 0.6 is 0 Å². The number of carboxylic acid groups (broad SMARTS) is 2. The zero-order chi connectivity index (χ0) is 24.2. The van der Waals surface area contributed by atoms with Crippen molar-refractivity contribution in [3.05, 3.63) is 102 Å². The number of hydrogen-bond donors (Lipinski definition) is 2. The highest BCUT2D eigenvalue weighted by Gasteiger charge is 2.19. The van der Waals surface area contributed by atoms with Gasteiger partial charge >= 0.3 is 11.9 Å². The van der Waals surface area contributed by atoms with Crippen LogP contribution in [0.3, 0.4) is 0 Å². The zero-order valence-corrected chi connectivity index (χ0v) is 19.2. The van der Waals surface area contributed by atoms with Crippen molar-refractivity contribution in [1.29, 1.82) is 0 Å². The van der Waals surface area contributed by atoms with E-state index in [0.29, 0.717) is 6.61 Å². The molecule has 6 heteroatoms. The summed E-state index contributed by atoms with van der Waals surface area (Å²) in [6.07, 6.45) is 3.80. The van der Waals surface area contributed by atoms with Crippen molar-refractivity contribution in [3.63, 3.8) is 0 Å². The zero-order valence-electron chi connectivity index (χ0n) is 19.2. The van der Waals surface area contributed by atoms with E-state index < -0.39 is 11.9 Å². The monoisotopic (exact) mass is 461 g/mol. The number of aliphatic carboxylic acids is 2. The molecule has 0 bridgehead atoms. The summed E-state index contributed by atoms with van der Waals surface area (Å²) in [4.78, 5) is 20.8. The van der Waals surface area contributed by atoms with Crippen LogP contribution in [0.15, 0.2) is 84.9 Å². The van der Waals surface area contributed by atoms with Crippen LogP contribution < -0.4 is 4.74 Å². The number of piperidine rings is 1. The van der Waals surface area contributed by atoms with Crippen LogP contribution in [0.5, 0.6) is 5.75 Å². The van der Waals surface area contributed by atoms with Gasteiger partial charge in [0.15, 0.2) is 0 Å². The molecule has 1 heterocycles. The van der Waals surface area contributed by atoms with E-state index in [9.17, 15) is 0 Å². The molecule has 0 atom stereocenters. The minimum absolute atomic E-state index is 0.620. The third kappa shape index (κ3) is 8.71. The highest BCUT2D eigenvalue weighted by atomic mass is 16.5. The molecule has 6 nitrogen and oxygen atoms in total. The molecular formula is C28H31NO5. The summed E-state index contributed by atoms with van der Waals surface area (Å²) in [5.41, 5.74) is 4.02. The summed E-state index contributed by atoms with van der Waals surface area (Å²) < 4.78 is 5.99. The van der Waals surface area contributed by atoms with E-state index in [2.05, 4.69) is 83.8 Å². The Morgan fingerprint density at radius 2 is 1.32 bits per heavy atom. The first-order valence-corrected chi connectivity index (χ1v) is 11.5. The number of likely N-dealkylation sites (tertiary alicyclic amines) is 1. The Morgan fingerprint density at radius 3 is 1.91 bits per heavy atom. The molecular weight excluding hydrogens is 430 g/mol. The van der Waals surface area contributed by atoms with E-state index in [0.717, 1.165) is 18.2 Å². The number of carboxylic acids is 2. The Bertz CT molecular complexity index is 1020. The van der Waals surface area contributed by atoms with Gasteiger partial charge in [-0.2, -0.15) is 0 Å². The van der Waals surface area contributed by atoms with Gasteiger partial charge in [0.25, 0.3) is 0 Å². The number of benzene rings is 3. The number of carbonyl (C=O) groups is 2. The Labute approximate surface area is 200 Å². The predicted octanol–water partition coefficient (Wildman–Crippen LogP) is 4.88. The average molecular weight is 462 g/mol. The van der Waals surface area contributed by atoms with Gasteiger partial charge in [0.1, 0.15) is 12.4 Å². The average Bonchev–Trinajstić information content (AvgIpc) is 2.86. The van der Waals surface area contributed by atoms with E-state index in [-0.39, 0.29) is 0 Å². The SMILES string of the molecule is O=C(O)C(=O)O.c1ccc(COc2cccc(CN3CCC(Cc4ccccc4)CC3)c2)cc1. The van der Waals surface area contributed by atoms with Crippen molar-refractivity contribution < 1.29 is 24.5 Å². The van der Waals surface area contributed by atoms with Gasteiger partial charge in [-0.25, -0.2) is 9.59 Å². The van der Waals surface area contributed by atoms with Crippen LogP contribution in [0.2, 0.25) is 0 Å². The van der Waals surface area contributed by atoms with E-state index >= 15 is 0 Å². The molecule has 2 N–H and O–H groups in total. The molecule has 4 rings (SSSR count). The van der Waals surface area contributed by atoms with E-state index in [4.69, 9.17) is 24.5 Å². The molecule has 178 valence electrons. The largest absolute Gasteiger partial charge is 0.489 e. The predicted molar refractivity (Wildman–Crippen MR) is 131 cm³/mol. The minimum Gasteiger partial charge on any atom is -0.489 e. The molecule has 1 saturated heterocycles. The van der Waals surface area contributed by atoms with Crippen LogP contribution in [-0.4, -0.2) is 40.1 Å². The van der Waals surface area contributed by atoms with E-state index in [1.54, 1.807) is 0 Å². The van der Waals surface area contributed by atoms with Crippen molar-refractivity contribution in [3.8, 4) is 5.75 Å². The molecule has 34 heavy (non-hydrogen) atoms. The summed E-state index contributed by atoms with van der Waals surface area (Å²) >= 11 is 0. The molecule has 3 aromatic rings. The fourth-order valence-electron chi connectivity index (χ4n) is 4.03. The van der Waals surface area contributed by atoms with Gasteiger partial charge in [-0.05, 0) is 67.1 Å². The van der Waals surface area contributed by atoms with E-state index in [1.165, 1.54) is 49.0 Å². The second-order valence-corrected chi connectivity index (χ2v) is 8.44. The van der Waals surface area contributed by atoms with Gasteiger partial charge in [0.2, 0.25) is 0 Å². The first-order valence-electron chi connectivity index (χ1n) is 11.5. The van der Waals surface area contributed by atoms with Crippen LogP contribution in [-0.2, 0) is 29.2 Å². The van der Waals surface area contributed by atoms with Crippen LogP contribution in [0.25, 0.3) is 0 Å². The molecule has 0 saturated carbocycles. The van der Waals surface area contributed by atoms with Gasteiger partial charge in [-0.3, -0.25) is 4.90 Å². The third-order valence-electron chi connectivity index (χ3n) is 5.81. The van der Waals surface area contributed by atoms with E-state index in [1.807, 2.05) is 6.07 Å². The maximum Gasteiger partial charge on any atom is 0.414 e. The molecule has 3 aromatic carbocycles. The van der Waals surface area contributed by atoms with Crippen molar-refractivity contribution in [1.82, 2.24) is 4.90 Å². The second-order valence-electron chi connectivity index (χ2n) is 8.44. The fourth-order valence-corrected chi connectivity index (χ4v) is 4.03. The molecule has 1 aliphatic rings. The van der Waals surface area contributed by atoms with Gasteiger partial charge in [-0.1, -0.05) is 72.8 Å². The lowest BCUT2D eigenvalue weighted by molar-refractivity contribution is -0.159. The highest BCUT2D eigenvalue weighted by Crippen LogP contribution is 2.24. The maximum atomic E-state index is 9.10. The summed E-state index contributed by atoms with van der Waals surface area (Å²) in [6.45, 7) is 4.01. The summed E-state index contributed by atoms with van der Waals surface area (Å²) in [6, 6.07) is 29.8. The van der Waals surface area contributed by atoms with Gasteiger partial charge in [0, 0.05) is 6.54 Å². The first-order chi connectivity index (χ1) is 16.5. The number of rotatable bonds is 7. The molecule has 0 aliphatic carbocycles. The lowest BCUT2D eigenvalue weighted by atomic mass is 9.90. The molecule has 0 spiro atoms. The molecule has 0 amide bonds. The maximum absolute atomic E-state index is 9.10. The summed E-state index contributed by atoms with van der Waals surface area (Å²) in [5, 5.41) is 14.8. The quantitative estimate of drug-likeness (QED) is 0.488. The van der Waals surface area contributed by atoms with Crippen molar-refractivity contribution >= 4 is 11.9 Å². The van der Waals surface area contributed by atoms with Crippen molar-refractivity contribution in [2.24, 2.45) is 5.92 Å². The number of nitrogens with zero attached hydrogens (tertiary/aromatic N) is 1. The molecule has 0 radical (unpaired) electrons. The lowest BCUT2D eigenvalue weighted by Crippen LogP contribution is -2.33. The first kappa shape index (κ1) is 25.0. The summed E-state index contributed by atoms with van der Waals surface area (Å²) in [7, 11) is 0. The van der Waals surface area contributed by atoms with Crippen molar-refractivity contribution in [2.75, 3.05) is 13.1 Å². The molecule has 0 aromatic heterocycles. The smallest absolute Gasteiger partial charge is 0.414 e. The molecule has 1 fully saturated rings. The second kappa shape index (κ2) is 13.2. The van der Waals surface area contributed by atoms with Gasteiger partial charge in [0.05, 0.1) is 0 Å². The Hall–Kier alpha value is -3.64. The molecule has 0 unspecified atom stereocenters. The third-order valence-corrected chi connectivity index (χ3v) is 5.81. The Balaban J connectivity index is 0.000000481. The lowest BCUT2D eigenvalue weighted by Gasteiger charge is -2.32. The molecule has 1 aliphatic heterocycles.